The minimum Gasteiger partial charge on any atom is -0.399 e. The summed E-state index contributed by atoms with van der Waals surface area (Å²) in [6.07, 6.45) is -4.35. The Morgan fingerprint density at radius 1 is 1.00 bits per heavy atom. The van der Waals surface area contributed by atoms with Crippen LogP contribution in [0.4, 0.5) is 18.9 Å². The number of nitrogen functional groups attached to an aromatic ring is 1. The van der Waals surface area contributed by atoms with Crippen molar-refractivity contribution in [2.24, 2.45) is 0 Å². The van der Waals surface area contributed by atoms with Crippen molar-refractivity contribution in [3.05, 3.63) is 28.8 Å². The second kappa shape index (κ2) is 3.68. The summed E-state index contributed by atoms with van der Waals surface area (Å²) in [4.78, 5) is 0. The van der Waals surface area contributed by atoms with Gasteiger partial charge in [-0.15, -0.1) is 0 Å². The van der Waals surface area contributed by atoms with Gasteiger partial charge in [0.1, 0.15) is 0 Å². The number of benzene rings is 1. The third-order valence-corrected chi connectivity index (χ3v) is 2.54. The van der Waals surface area contributed by atoms with E-state index in [2.05, 4.69) is 0 Å². The first kappa shape index (κ1) is 12.9. The first-order valence-electron chi connectivity index (χ1n) is 5.01. The van der Waals surface area contributed by atoms with Gasteiger partial charge in [-0.05, 0) is 35.6 Å². The molecular formula is C12H16F3N. The molecule has 0 fully saturated rings. The van der Waals surface area contributed by atoms with Crippen LogP contribution < -0.4 is 5.73 Å². The Kier molecular flexibility index (Phi) is 2.96. The number of halogens is 3. The van der Waals surface area contributed by atoms with E-state index in [1.54, 1.807) is 6.07 Å². The van der Waals surface area contributed by atoms with Gasteiger partial charge in [0.2, 0.25) is 0 Å². The van der Waals surface area contributed by atoms with Crippen molar-refractivity contribution >= 4 is 5.69 Å². The van der Waals surface area contributed by atoms with Crippen molar-refractivity contribution in [2.45, 2.75) is 39.3 Å². The van der Waals surface area contributed by atoms with Crippen LogP contribution in [-0.4, -0.2) is 0 Å². The van der Waals surface area contributed by atoms with Gasteiger partial charge in [0.05, 0.1) is 5.56 Å². The molecule has 0 bridgehead atoms. The zero-order valence-corrected chi connectivity index (χ0v) is 9.87. The third kappa shape index (κ3) is 2.49. The van der Waals surface area contributed by atoms with Crippen LogP contribution in [0, 0.1) is 6.92 Å². The van der Waals surface area contributed by atoms with E-state index in [0.717, 1.165) is 6.07 Å². The first-order chi connectivity index (χ1) is 7.03. The fourth-order valence-corrected chi connectivity index (χ4v) is 1.81. The smallest absolute Gasteiger partial charge is 0.399 e. The maximum absolute atomic E-state index is 12.7. The fourth-order valence-electron chi connectivity index (χ4n) is 1.81. The van der Waals surface area contributed by atoms with Crippen molar-refractivity contribution in [1.29, 1.82) is 0 Å². The lowest BCUT2D eigenvalue weighted by Crippen LogP contribution is -2.18. The largest absolute Gasteiger partial charge is 0.416 e. The number of hydrogen-bond donors (Lipinski definition) is 1. The Hall–Kier alpha value is -1.19. The summed E-state index contributed by atoms with van der Waals surface area (Å²) in [6.45, 7) is 7.10. The molecule has 0 saturated carbocycles. The Morgan fingerprint density at radius 2 is 1.44 bits per heavy atom. The molecule has 1 rings (SSSR count). The lowest BCUT2D eigenvalue weighted by molar-refractivity contribution is -0.138. The van der Waals surface area contributed by atoms with Crippen molar-refractivity contribution in [3.8, 4) is 0 Å². The second-order valence-electron chi connectivity index (χ2n) is 4.99. The highest BCUT2D eigenvalue weighted by Gasteiger charge is 2.34. The van der Waals surface area contributed by atoms with Crippen molar-refractivity contribution < 1.29 is 13.2 Å². The Morgan fingerprint density at radius 3 is 1.81 bits per heavy atom. The fraction of sp³-hybridized carbons (Fsp3) is 0.500. The standard InChI is InChI=1S/C12H16F3N/c1-7-9(11(2,3)4)5-8(16)6-10(7)12(13,14)15/h5-6H,16H2,1-4H3. The molecule has 0 unspecified atom stereocenters. The number of rotatable bonds is 0. The molecule has 1 aromatic carbocycles. The molecule has 0 heterocycles. The summed E-state index contributed by atoms with van der Waals surface area (Å²) >= 11 is 0. The summed E-state index contributed by atoms with van der Waals surface area (Å²) in [5, 5.41) is 0. The van der Waals surface area contributed by atoms with Crippen LogP contribution in [0.2, 0.25) is 0 Å². The maximum Gasteiger partial charge on any atom is 0.416 e. The van der Waals surface area contributed by atoms with Gasteiger partial charge in [0, 0.05) is 5.69 Å². The van der Waals surface area contributed by atoms with Crippen LogP contribution >= 0.6 is 0 Å². The van der Waals surface area contributed by atoms with Crippen LogP contribution in [0.15, 0.2) is 12.1 Å². The van der Waals surface area contributed by atoms with E-state index < -0.39 is 11.7 Å². The number of anilines is 1. The van der Waals surface area contributed by atoms with Crippen molar-refractivity contribution in [1.82, 2.24) is 0 Å². The van der Waals surface area contributed by atoms with E-state index >= 15 is 0 Å². The molecule has 0 aromatic heterocycles. The SMILES string of the molecule is Cc1c(C(C)(C)C)cc(N)cc1C(F)(F)F. The van der Waals surface area contributed by atoms with Gasteiger partial charge in [0.15, 0.2) is 0 Å². The molecule has 0 radical (unpaired) electrons. The second-order valence-corrected chi connectivity index (χ2v) is 4.99. The van der Waals surface area contributed by atoms with Gasteiger partial charge >= 0.3 is 6.18 Å². The molecular weight excluding hydrogens is 215 g/mol. The number of nitrogens with two attached hydrogens (primary N) is 1. The minimum absolute atomic E-state index is 0.155. The third-order valence-electron chi connectivity index (χ3n) is 2.54. The summed E-state index contributed by atoms with van der Waals surface area (Å²) < 4.78 is 38.2. The number of alkyl halides is 3. The average molecular weight is 231 g/mol. The van der Waals surface area contributed by atoms with Crippen LogP contribution in [0.3, 0.4) is 0 Å². The van der Waals surface area contributed by atoms with E-state index in [0.29, 0.717) is 5.56 Å². The maximum atomic E-state index is 12.7. The predicted octanol–water partition coefficient (Wildman–Crippen LogP) is 3.89. The molecule has 1 aromatic rings. The zero-order valence-electron chi connectivity index (χ0n) is 9.87. The molecule has 0 aliphatic rings. The molecule has 0 aliphatic carbocycles. The molecule has 0 atom stereocenters. The van der Waals surface area contributed by atoms with Crippen LogP contribution in [0.1, 0.15) is 37.5 Å². The molecule has 0 spiro atoms. The van der Waals surface area contributed by atoms with E-state index in [4.69, 9.17) is 5.73 Å². The van der Waals surface area contributed by atoms with E-state index in [9.17, 15) is 13.2 Å². The monoisotopic (exact) mass is 231 g/mol. The summed E-state index contributed by atoms with van der Waals surface area (Å²) in [6, 6.07) is 2.61. The van der Waals surface area contributed by atoms with Gasteiger partial charge in [0.25, 0.3) is 0 Å². The number of hydrogen-bond acceptors (Lipinski definition) is 1. The Labute approximate surface area is 93.5 Å². The molecule has 90 valence electrons. The van der Waals surface area contributed by atoms with Crippen molar-refractivity contribution in [3.63, 3.8) is 0 Å². The van der Waals surface area contributed by atoms with Gasteiger partial charge in [-0.3, -0.25) is 0 Å². The summed E-state index contributed by atoms with van der Waals surface area (Å²) in [5.41, 5.74) is 5.59. The van der Waals surface area contributed by atoms with Gasteiger partial charge < -0.3 is 5.73 Å². The molecule has 16 heavy (non-hydrogen) atoms. The lowest BCUT2D eigenvalue weighted by atomic mass is 9.82. The topological polar surface area (TPSA) is 26.0 Å². The van der Waals surface area contributed by atoms with Gasteiger partial charge in [-0.25, -0.2) is 0 Å². The van der Waals surface area contributed by atoms with E-state index in [1.165, 1.54) is 6.92 Å². The molecule has 0 saturated heterocycles. The molecule has 4 heteroatoms. The highest BCUT2D eigenvalue weighted by Crippen LogP contribution is 2.38. The highest BCUT2D eigenvalue weighted by atomic mass is 19.4. The van der Waals surface area contributed by atoms with Crippen LogP contribution in [0.25, 0.3) is 0 Å². The van der Waals surface area contributed by atoms with Crippen LogP contribution in [-0.2, 0) is 11.6 Å². The lowest BCUT2D eigenvalue weighted by Gasteiger charge is -2.24. The Balaban J connectivity index is 3.51. The molecule has 0 amide bonds. The summed E-state index contributed by atoms with van der Waals surface area (Å²) in [5.74, 6) is 0. The quantitative estimate of drug-likeness (QED) is 0.673. The molecule has 1 nitrogen and oxygen atoms in total. The van der Waals surface area contributed by atoms with Gasteiger partial charge in [-0.2, -0.15) is 13.2 Å². The van der Waals surface area contributed by atoms with Crippen molar-refractivity contribution in [2.75, 3.05) is 5.73 Å². The highest BCUT2D eigenvalue weighted by molar-refractivity contribution is 5.52. The van der Waals surface area contributed by atoms with Gasteiger partial charge in [-0.1, -0.05) is 20.8 Å². The summed E-state index contributed by atoms with van der Waals surface area (Å²) in [7, 11) is 0. The van der Waals surface area contributed by atoms with E-state index in [-0.39, 0.29) is 16.7 Å². The predicted molar refractivity (Wildman–Crippen MR) is 59.3 cm³/mol. The minimum atomic E-state index is -4.35. The molecule has 2 N–H and O–H groups in total. The first-order valence-corrected chi connectivity index (χ1v) is 5.01. The normalized spacial score (nSPS) is 12.9. The molecule has 0 aliphatic heterocycles. The van der Waals surface area contributed by atoms with Crippen LogP contribution in [0.5, 0.6) is 0 Å². The average Bonchev–Trinajstić information content (AvgIpc) is 2.04. The van der Waals surface area contributed by atoms with E-state index in [1.807, 2.05) is 20.8 Å². The Bertz CT molecular complexity index is 365. The zero-order chi connectivity index (χ0) is 12.7.